The van der Waals surface area contributed by atoms with Crippen LogP contribution in [0.4, 0.5) is 0 Å². The lowest BCUT2D eigenvalue weighted by Gasteiger charge is -2.11. The molecule has 0 bridgehead atoms. The maximum atomic E-state index is 11.3. The minimum Gasteiger partial charge on any atom is -0.478 e. The molecular formula is C17H16N2O2. The topological polar surface area (TPSA) is 63.1 Å². The maximum Gasteiger partial charge on any atom is 0.339 e. The van der Waals surface area contributed by atoms with E-state index in [0.717, 1.165) is 37.2 Å². The highest BCUT2D eigenvalue weighted by molar-refractivity contribution is 5.88. The Morgan fingerprint density at radius 2 is 1.76 bits per heavy atom. The second kappa shape index (κ2) is 4.65. The van der Waals surface area contributed by atoms with E-state index in [2.05, 4.69) is 34.2 Å². The number of nitrogens with zero attached hydrogens (tertiary/aromatic N) is 2. The van der Waals surface area contributed by atoms with Crippen LogP contribution in [0.2, 0.25) is 0 Å². The van der Waals surface area contributed by atoms with Crippen LogP contribution in [0.1, 0.15) is 57.7 Å². The molecule has 0 saturated heterocycles. The molecule has 21 heavy (non-hydrogen) atoms. The molecule has 4 nitrogen and oxygen atoms in total. The molecule has 1 heterocycles. The van der Waals surface area contributed by atoms with Gasteiger partial charge < -0.3 is 5.11 Å². The van der Waals surface area contributed by atoms with E-state index in [1.54, 1.807) is 0 Å². The molecule has 2 aliphatic carbocycles. The van der Waals surface area contributed by atoms with Crippen molar-refractivity contribution in [1.29, 1.82) is 0 Å². The van der Waals surface area contributed by atoms with Crippen molar-refractivity contribution >= 4 is 5.97 Å². The third-order valence-corrected chi connectivity index (χ3v) is 4.45. The summed E-state index contributed by atoms with van der Waals surface area (Å²) in [6.07, 6.45) is 5.49. The van der Waals surface area contributed by atoms with E-state index in [1.165, 1.54) is 17.3 Å². The van der Waals surface area contributed by atoms with Gasteiger partial charge in [-0.3, -0.25) is 0 Å². The van der Waals surface area contributed by atoms with Crippen LogP contribution in [-0.4, -0.2) is 21.0 Å². The van der Waals surface area contributed by atoms with Crippen LogP contribution in [0, 0.1) is 0 Å². The summed E-state index contributed by atoms with van der Waals surface area (Å²) < 4.78 is 0. The summed E-state index contributed by atoms with van der Waals surface area (Å²) in [5, 5.41) is 9.26. The molecular weight excluding hydrogens is 264 g/mol. The smallest absolute Gasteiger partial charge is 0.339 e. The van der Waals surface area contributed by atoms with Gasteiger partial charge in [-0.25, -0.2) is 14.8 Å². The van der Waals surface area contributed by atoms with Gasteiger partial charge in [0.1, 0.15) is 5.82 Å². The normalized spacial score (nSPS) is 17.7. The number of carboxylic acid groups (broad SMARTS) is 1. The first-order valence-corrected chi connectivity index (χ1v) is 7.39. The highest BCUT2D eigenvalue weighted by Crippen LogP contribution is 2.41. The number of hydrogen-bond acceptors (Lipinski definition) is 3. The fraction of sp³-hybridized carbons (Fsp3) is 0.353. The van der Waals surface area contributed by atoms with Gasteiger partial charge in [-0.05, 0) is 36.8 Å². The van der Waals surface area contributed by atoms with Crippen molar-refractivity contribution < 1.29 is 9.90 Å². The van der Waals surface area contributed by atoms with Crippen LogP contribution in [0.5, 0.6) is 0 Å². The molecule has 2 aromatic rings. The molecule has 0 unspecified atom stereocenters. The molecule has 0 atom stereocenters. The number of aromatic nitrogens is 2. The molecule has 1 fully saturated rings. The summed E-state index contributed by atoms with van der Waals surface area (Å²) in [6, 6.07) is 8.43. The average molecular weight is 280 g/mol. The number of benzene rings is 1. The Morgan fingerprint density at radius 1 is 1.10 bits per heavy atom. The minimum atomic E-state index is -0.918. The predicted octanol–water partition coefficient (Wildman–Crippen LogP) is 2.93. The van der Waals surface area contributed by atoms with Gasteiger partial charge in [0.2, 0.25) is 0 Å². The van der Waals surface area contributed by atoms with Crippen molar-refractivity contribution in [2.24, 2.45) is 0 Å². The van der Waals surface area contributed by atoms with Crippen molar-refractivity contribution in [3.63, 3.8) is 0 Å². The molecule has 1 aromatic heterocycles. The van der Waals surface area contributed by atoms with Crippen molar-refractivity contribution in [2.45, 2.75) is 37.5 Å². The van der Waals surface area contributed by atoms with Gasteiger partial charge in [0.25, 0.3) is 0 Å². The third-order valence-electron chi connectivity index (χ3n) is 4.45. The second-order valence-electron chi connectivity index (χ2n) is 5.98. The molecule has 0 aliphatic heterocycles. The van der Waals surface area contributed by atoms with E-state index in [0.29, 0.717) is 5.92 Å². The minimum absolute atomic E-state index is 0.275. The SMILES string of the molecule is O=C(O)c1cnc(C2Cc3ccccc3C2)nc1C1CC1. The Hall–Kier alpha value is -2.23. The van der Waals surface area contributed by atoms with Crippen LogP contribution in [0.25, 0.3) is 0 Å². The lowest BCUT2D eigenvalue weighted by Crippen LogP contribution is -2.11. The van der Waals surface area contributed by atoms with Gasteiger partial charge in [-0.15, -0.1) is 0 Å². The number of carbonyl (C=O) groups is 1. The highest BCUT2D eigenvalue weighted by atomic mass is 16.4. The summed E-state index contributed by atoms with van der Waals surface area (Å²) in [5.74, 6) is 0.487. The largest absolute Gasteiger partial charge is 0.478 e. The molecule has 106 valence electrons. The van der Waals surface area contributed by atoms with Gasteiger partial charge >= 0.3 is 5.97 Å². The molecule has 1 aromatic carbocycles. The first-order chi connectivity index (χ1) is 10.2. The number of fused-ring (bicyclic) bond motifs is 1. The van der Waals surface area contributed by atoms with Gasteiger partial charge in [-0.1, -0.05) is 24.3 Å². The van der Waals surface area contributed by atoms with E-state index in [1.807, 2.05) is 0 Å². The molecule has 0 radical (unpaired) electrons. The zero-order valence-corrected chi connectivity index (χ0v) is 11.6. The van der Waals surface area contributed by atoms with Crippen LogP contribution in [0.3, 0.4) is 0 Å². The Balaban J connectivity index is 1.68. The average Bonchev–Trinajstić information content (AvgIpc) is 3.25. The summed E-state index contributed by atoms with van der Waals surface area (Å²) in [4.78, 5) is 20.3. The highest BCUT2D eigenvalue weighted by Gasteiger charge is 2.32. The fourth-order valence-electron chi connectivity index (χ4n) is 3.18. The molecule has 1 N–H and O–H groups in total. The van der Waals surface area contributed by atoms with Gasteiger partial charge in [-0.2, -0.15) is 0 Å². The lowest BCUT2D eigenvalue weighted by molar-refractivity contribution is 0.0694. The number of carboxylic acids is 1. The molecule has 4 rings (SSSR count). The summed E-state index contributed by atoms with van der Waals surface area (Å²) in [6.45, 7) is 0. The van der Waals surface area contributed by atoms with Crippen LogP contribution in [-0.2, 0) is 12.8 Å². The first-order valence-electron chi connectivity index (χ1n) is 7.39. The van der Waals surface area contributed by atoms with E-state index in [9.17, 15) is 9.90 Å². The van der Waals surface area contributed by atoms with Gasteiger partial charge in [0.15, 0.2) is 0 Å². The Labute approximate surface area is 122 Å². The zero-order valence-electron chi connectivity index (χ0n) is 11.6. The Kier molecular flexibility index (Phi) is 2.77. The monoisotopic (exact) mass is 280 g/mol. The molecule has 0 spiro atoms. The van der Waals surface area contributed by atoms with Crippen LogP contribution >= 0.6 is 0 Å². The van der Waals surface area contributed by atoms with Crippen molar-refractivity contribution in [2.75, 3.05) is 0 Å². The molecule has 1 saturated carbocycles. The summed E-state index contributed by atoms with van der Waals surface area (Å²) >= 11 is 0. The Morgan fingerprint density at radius 3 is 2.33 bits per heavy atom. The van der Waals surface area contributed by atoms with Crippen LogP contribution < -0.4 is 0 Å². The van der Waals surface area contributed by atoms with E-state index < -0.39 is 5.97 Å². The van der Waals surface area contributed by atoms with E-state index >= 15 is 0 Å². The predicted molar refractivity (Wildman–Crippen MR) is 77.6 cm³/mol. The second-order valence-corrected chi connectivity index (χ2v) is 5.98. The first kappa shape index (κ1) is 12.5. The Bertz CT molecular complexity index is 697. The third kappa shape index (κ3) is 2.20. The lowest BCUT2D eigenvalue weighted by atomic mass is 10.0. The number of hydrogen-bond donors (Lipinski definition) is 1. The number of aromatic carboxylic acids is 1. The quantitative estimate of drug-likeness (QED) is 0.939. The van der Waals surface area contributed by atoms with Crippen molar-refractivity contribution in [3.8, 4) is 0 Å². The summed E-state index contributed by atoms with van der Waals surface area (Å²) in [7, 11) is 0. The molecule has 2 aliphatic rings. The maximum absolute atomic E-state index is 11.3. The van der Waals surface area contributed by atoms with Crippen molar-refractivity contribution in [3.05, 3.63) is 58.7 Å². The standard InChI is InChI=1S/C17H16N2O2/c20-17(21)14-9-18-16(19-15(14)10-5-6-10)13-7-11-3-1-2-4-12(11)8-13/h1-4,9-10,13H,5-8H2,(H,20,21). The number of rotatable bonds is 3. The van der Waals surface area contributed by atoms with Gasteiger partial charge in [0, 0.05) is 18.0 Å². The summed E-state index contributed by atoms with van der Waals surface area (Å²) in [5.41, 5.74) is 3.74. The van der Waals surface area contributed by atoms with Crippen LogP contribution in [0.15, 0.2) is 30.5 Å². The van der Waals surface area contributed by atoms with E-state index in [-0.39, 0.29) is 11.5 Å². The van der Waals surface area contributed by atoms with Crippen molar-refractivity contribution in [1.82, 2.24) is 9.97 Å². The zero-order chi connectivity index (χ0) is 14.4. The van der Waals surface area contributed by atoms with E-state index in [4.69, 9.17) is 0 Å². The fourth-order valence-corrected chi connectivity index (χ4v) is 3.18. The molecule has 4 heteroatoms. The molecule has 0 amide bonds. The van der Waals surface area contributed by atoms with Gasteiger partial charge in [0.05, 0.1) is 11.3 Å².